The number of carbonyl (C=O) groups excluding carboxylic acids is 1. The molecule has 2 N–H and O–H groups in total. The van der Waals surface area contributed by atoms with Crippen molar-refractivity contribution in [2.45, 2.75) is 32.2 Å². The molecule has 0 amide bonds. The zero-order valence-corrected chi connectivity index (χ0v) is 8.70. The first kappa shape index (κ1) is 11.5. The first-order valence-electron chi connectivity index (χ1n) is 5.24. The van der Waals surface area contributed by atoms with Gasteiger partial charge < -0.3 is 15.2 Å². The van der Waals surface area contributed by atoms with Crippen LogP contribution in [0.2, 0.25) is 0 Å². The molecule has 1 fully saturated rings. The van der Waals surface area contributed by atoms with Crippen molar-refractivity contribution in [3.05, 3.63) is 0 Å². The molecule has 14 heavy (non-hydrogen) atoms. The first-order valence-corrected chi connectivity index (χ1v) is 5.24. The summed E-state index contributed by atoms with van der Waals surface area (Å²) >= 11 is 0. The Kier molecular flexibility index (Phi) is 4.90. The van der Waals surface area contributed by atoms with Gasteiger partial charge >= 0.3 is 5.97 Å². The Morgan fingerprint density at radius 2 is 2.21 bits per heavy atom. The molecule has 0 aromatic rings. The molecule has 1 atom stereocenters. The first-order chi connectivity index (χ1) is 6.74. The molecule has 1 rings (SSSR count). The van der Waals surface area contributed by atoms with Crippen LogP contribution in [0.3, 0.4) is 0 Å². The zero-order valence-electron chi connectivity index (χ0n) is 8.70. The molecular weight excluding hydrogens is 182 g/mol. The third-order valence-electron chi connectivity index (χ3n) is 2.52. The van der Waals surface area contributed by atoms with E-state index in [9.17, 15) is 4.79 Å². The molecule has 1 aliphatic rings. The van der Waals surface area contributed by atoms with Crippen LogP contribution in [0, 0.1) is 5.92 Å². The van der Waals surface area contributed by atoms with Gasteiger partial charge in [-0.1, -0.05) is 0 Å². The summed E-state index contributed by atoms with van der Waals surface area (Å²) in [5.41, 5.74) is 5.72. The Morgan fingerprint density at radius 3 is 2.79 bits per heavy atom. The Morgan fingerprint density at radius 1 is 1.57 bits per heavy atom. The van der Waals surface area contributed by atoms with Gasteiger partial charge in [0.2, 0.25) is 0 Å². The van der Waals surface area contributed by atoms with Crippen molar-refractivity contribution in [1.29, 1.82) is 0 Å². The normalized spacial score (nSPS) is 20.4. The Hall–Kier alpha value is -0.610. The summed E-state index contributed by atoms with van der Waals surface area (Å²) in [6, 6.07) is -0.460. The molecule has 0 saturated carbocycles. The van der Waals surface area contributed by atoms with Crippen molar-refractivity contribution in [2.24, 2.45) is 11.7 Å². The Balaban J connectivity index is 2.24. The average molecular weight is 201 g/mol. The van der Waals surface area contributed by atoms with Crippen LogP contribution in [-0.4, -0.2) is 31.8 Å². The van der Waals surface area contributed by atoms with E-state index in [1.165, 1.54) is 0 Å². The van der Waals surface area contributed by atoms with Gasteiger partial charge in [-0.05, 0) is 32.1 Å². The molecule has 0 aromatic carbocycles. The van der Waals surface area contributed by atoms with Gasteiger partial charge in [0.25, 0.3) is 0 Å². The largest absolute Gasteiger partial charge is 0.465 e. The lowest BCUT2D eigenvalue weighted by molar-refractivity contribution is -0.145. The summed E-state index contributed by atoms with van der Waals surface area (Å²) < 4.78 is 10.1. The van der Waals surface area contributed by atoms with E-state index in [0.717, 1.165) is 32.5 Å². The van der Waals surface area contributed by atoms with Crippen molar-refractivity contribution in [1.82, 2.24) is 0 Å². The lowest BCUT2D eigenvalue weighted by atomic mass is 9.93. The van der Waals surface area contributed by atoms with Crippen LogP contribution in [0.1, 0.15) is 26.2 Å². The van der Waals surface area contributed by atoms with Crippen LogP contribution in [0.15, 0.2) is 0 Å². The van der Waals surface area contributed by atoms with Gasteiger partial charge in [-0.2, -0.15) is 0 Å². The summed E-state index contributed by atoms with van der Waals surface area (Å²) in [6.07, 6.45) is 2.74. The monoisotopic (exact) mass is 201 g/mol. The smallest absolute Gasteiger partial charge is 0.322 e. The van der Waals surface area contributed by atoms with Gasteiger partial charge in [0, 0.05) is 13.2 Å². The fourth-order valence-corrected chi connectivity index (χ4v) is 1.69. The summed E-state index contributed by atoms with van der Waals surface area (Å²) in [7, 11) is 0. The van der Waals surface area contributed by atoms with E-state index in [1.807, 2.05) is 0 Å². The second-order valence-electron chi connectivity index (χ2n) is 3.65. The number of nitrogens with two attached hydrogens (primary N) is 1. The molecule has 82 valence electrons. The van der Waals surface area contributed by atoms with E-state index in [-0.39, 0.29) is 5.97 Å². The lowest BCUT2D eigenvalue weighted by Gasteiger charge is -2.23. The van der Waals surface area contributed by atoms with Gasteiger partial charge in [0.05, 0.1) is 6.61 Å². The molecule has 4 nitrogen and oxygen atoms in total. The molecule has 1 aliphatic heterocycles. The summed E-state index contributed by atoms with van der Waals surface area (Å²) in [4.78, 5) is 11.2. The van der Waals surface area contributed by atoms with E-state index < -0.39 is 6.04 Å². The van der Waals surface area contributed by atoms with Crippen LogP contribution in [-0.2, 0) is 14.3 Å². The predicted octanol–water partition coefficient (Wildman–Crippen LogP) is 0.693. The van der Waals surface area contributed by atoms with E-state index in [0.29, 0.717) is 12.5 Å². The van der Waals surface area contributed by atoms with Crippen molar-refractivity contribution < 1.29 is 14.3 Å². The molecule has 0 bridgehead atoms. The summed E-state index contributed by atoms with van der Waals surface area (Å²) in [6.45, 7) is 3.78. The molecule has 4 heteroatoms. The minimum Gasteiger partial charge on any atom is -0.465 e. The molecule has 0 radical (unpaired) electrons. The number of hydrogen-bond acceptors (Lipinski definition) is 4. The zero-order chi connectivity index (χ0) is 10.4. The van der Waals surface area contributed by atoms with Crippen LogP contribution in [0.4, 0.5) is 0 Å². The van der Waals surface area contributed by atoms with Crippen LogP contribution >= 0.6 is 0 Å². The standard InChI is InChI=1S/C10H19NO3/c1-2-14-10(12)9(11)7-8-3-5-13-6-4-8/h8-9H,2-7,11H2,1H3/t9-/m0/s1. The highest BCUT2D eigenvalue weighted by molar-refractivity contribution is 5.75. The van der Waals surface area contributed by atoms with Crippen LogP contribution in [0.5, 0.6) is 0 Å². The second kappa shape index (κ2) is 5.98. The van der Waals surface area contributed by atoms with Crippen molar-refractivity contribution in [2.75, 3.05) is 19.8 Å². The average Bonchev–Trinajstić information content (AvgIpc) is 2.19. The number of ether oxygens (including phenoxy) is 2. The predicted molar refractivity (Wildman–Crippen MR) is 52.8 cm³/mol. The number of hydrogen-bond donors (Lipinski definition) is 1. The fraction of sp³-hybridized carbons (Fsp3) is 0.900. The molecule has 0 aliphatic carbocycles. The van der Waals surface area contributed by atoms with Gasteiger partial charge in [-0.25, -0.2) is 0 Å². The maximum Gasteiger partial charge on any atom is 0.322 e. The van der Waals surface area contributed by atoms with E-state index in [2.05, 4.69) is 0 Å². The molecule has 0 unspecified atom stereocenters. The molecule has 0 spiro atoms. The Bertz CT molecular complexity index is 178. The fourth-order valence-electron chi connectivity index (χ4n) is 1.69. The summed E-state index contributed by atoms with van der Waals surface area (Å²) in [5, 5.41) is 0. The highest BCUT2D eigenvalue weighted by atomic mass is 16.5. The number of esters is 1. The second-order valence-corrected chi connectivity index (χ2v) is 3.65. The third-order valence-corrected chi connectivity index (χ3v) is 2.52. The quantitative estimate of drug-likeness (QED) is 0.680. The molecule has 1 saturated heterocycles. The lowest BCUT2D eigenvalue weighted by Crippen LogP contribution is -2.35. The maximum atomic E-state index is 11.2. The molecule has 0 aromatic heterocycles. The van der Waals surface area contributed by atoms with E-state index in [4.69, 9.17) is 15.2 Å². The van der Waals surface area contributed by atoms with Crippen LogP contribution in [0.25, 0.3) is 0 Å². The highest BCUT2D eigenvalue weighted by Crippen LogP contribution is 2.19. The van der Waals surface area contributed by atoms with Crippen molar-refractivity contribution in [3.63, 3.8) is 0 Å². The SMILES string of the molecule is CCOC(=O)[C@@H](N)CC1CCOCC1. The third kappa shape index (κ3) is 3.64. The molecular formula is C10H19NO3. The molecule has 1 heterocycles. The Labute approximate surface area is 84.7 Å². The minimum atomic E-state index is -0.460. The van der Waals surface area contributed by atoms with Crippen molar-refractivity contribution in [3.8, 4) is 0 Å². The van der Waals surface area contributed by atoms with Crippen LogP contribution < -0.4 is 5.73 Å². The van der Waals surface area contributed by atoms with Gasteiger partial charge in [0.15, 0.2) is 0 Å². The topological polar surface area (TPSA) is 61.5 Å². The highest BCUT2D eigenvalue weighted by Gasteiger charge is 2.22. The van der Waals surface area contributed by atoms with E-state index >= 15 is 0 Å². The van der Waals surface area contributed by atoms with E-state index in [1.54, 1.807) is 6.92 Å². The summed E-state index contributed by atoms with van der Waals surface area (Å²) in [5.74, 6) is 0.238. The van der Waals surface area contributed by atoms with Gasteiger partial charge in [-0.15, -0.1) is 0 Å². The number of carbonyl (C=O) groups is 1. The minimum absolute atomic E-state index is 0.279. The maximum absolute atomic E-state index is 11.2. The van der Waals surface area contributed by atoms with Crippen molar-refractivity contribution >= 4 is 5.97 Å². The van der Waals surface area contributed by atoms with Gasteiger partial charge in [-0.3, -0.25) is 4.79 Å². The van der Waals surface area contributed by atoms with Gasteiger partial charge in [0.1, 0.15) is 6.04 Å². The number of rotatable bonds is 4.